The number of methoxy groups -OCH3 is 1. The highest BCUT2D eigenvalue weighted by atomic mass is 32.1. The summed E-state index contributed by atoms with van der Waals surface area (Å²) in [5, 5.41) is 4.77. The molecule has 1 atom stereocenters. The number of fused-ring (bicyclic) bond motifs is 1. The van der Waals surface area contributed by atoms with E-state index >= 15 is 0 Å². The Morgan fingerprint density at radius 2 is 2.10 bits per heavy atom. The van der Waals surface area contributed by atoms with Crippen molar-refractivity contribution in [2.75, 3.05) is 25.6 Å². The number of anilines is 1. The molecule has 1 aromatic heterocycles. The lowest BCUT2D eigenvalue weighted by Gasteiger charge is -2.28. The SMILES string of the molecule is COc1ccc2[nH]c(=O)c(CN(C[C@H]3CCCO3)C(=S)Nc3ccccc3)cc2c1. The summed E-state index contributed by atoms with van der Waals surface area (Å²) in [5.74, 6) is 0.748. The average molecular weight is 424 g/mol. The molecule has 0 amide bonds. The Kier molecular flexibility index (Phi) is 6.30. The summed E-state index contributed by atoms with van der Waals surface area (Å²) in [5.41, 5.74) is 2.22. The minimum atomic E-state index is -0.118. The molecule has 4 rings (SSSR count). The molecule has 0 aliphatic carbocycles. The molecule has 7 heteroatoms. The number of hydrogen-bond acceptors (Lipinski definition) is 4. The quantitative estimate of drug-likeness (QED) is 0.586. The number of benzene rings is 2. The van der Waals surface area contributed by atoms with Crippen molar-refractivity contribution in [2.45, 2.75) is 25.5 Å². The zero-order chi connectivity index (χ0) is 20.9. The van der Waals surface area contributed by atoms with Gasteiger partial charge in [0.05, 0.1) is 19.8 Å². The molecule has 2 aromatic carbocycles. The largest absolute Gasteiger partial charge is 0.497 e. The van der Waals surface area contributed by atoms with Gasteiger partial charge in [0.2, 0.25) is 0 Å². The Hall–Kier alpha value is -2.90. The van der Waals surface area contributed by atoms with Crippen molar-refractivity contribution in [3.05, 3.63) is 70.5 Å². The van der Waals surface area contributed by atoms with E-state index in [4.69, 9.17) is 21.7 Å². The molecule has 1 fully saturated rings. The molecule has 3 aromatic rings. The van der Waals surface area contributed by atoms with E-state index in [-0.39, 0.29) is 11.7 Å². The second-order valence-electron chi connectivity index (χ2n) is 7.39. The molecule has 1 aliphatic heterocycles. The molecule has 1 saturated heterocycles. The van der Waals surface area contributed by atoms with E-state index in [1.807, 2.05) is 59.5 Å². The van der Waals surface area contributed by atoms with Crippen LogP contribution in [-0.2, 0) is 11.3 Å². The minimum absolute atomic E-state index is 0.111. The number of pyridine rings is 1. The van der Waals surface area contributed by atoms with Crippen molar-refractivity contribution in [1.29, 1.82) is 0 Å². The van der Waals surface area contributed by atoms with Crippen LogP contribution in [0.1, 0.15) is 18.4 Å². The van der Waals surface area contributed by atoms with Crippen LogP contribution < -0.4 is 15.6 Å². The van der Waals surface area contributed by atoms with E-state index in [0.717, 1.165) is 41.8 Å². The number of nitrogens with one attached hydrogen (secondary N) is 2. The smallest absolute Gasteiger partial charge is 0.253 e. The maximum atomic E-state index is 12.7. The summed E-state index contributed by atoms with van der Waals surface area (Å²) in [6, 6.07) is 17.3. The van der Waals surface area contributed by atoms with Gasteiger partial charge in [-0.1, -0.05) is 18.2 Å². The maximum Gasteiger partial charge on any atom is 0.253 e. The van der Waals surface area contributed by atoms with Crippen molar-refractivity contribution < 1.29 is 9.47 Å². The van der Waals surface area contributed by atoms with Crippen LogP contribution in [0.3, 0.4) is 0 Å². The van der Waals surface area contributed by atoms with Gasteiger partial charge in [-0.25, -0.2) is 0 Å². The van der Waals surface area contributed by atoms with Crippen LogP contribution in [0.25, 0.3) is 10.9 Å². The average Bonchev–Trinajstić information content (AvgIpc) is 3.27. The van der Waals surface area contributed by atoms with E-state index < -0.39 is 0 Å². The van der Waals surface area contributed by atoms with Crippen molar-refractivity contribution >= 4 is 33.9 Å². The number of aromatic nitrogens is 1. The Labute approximate surface area is 180 Å². The number of H-pyrrole nitrogens is 1. The first-order valence-corrected chi connectivity index (χ1v) is 10.5. The first kappa shape index (κ1) is 20.4. The van der Waals surface area contributed by atoms with E-state index in [1.165, 1.54) is 0 Å². The summed E-state index contributed by atoms with van der Waals surface area (Å²) < 4.78 is 11.1. The molecular formula is C23H25N3O3S. The fourth-order valence-electron chi connectivity index (χ4n) is 3.66. The van der Waals surface area contributed by atoms with E-state index in [9.17, 15) is 4.79 Å². The number of thiocarbonyl (C=S) groups is 1. The van der Waals surface area contributed by atoms with Gasteiger partial charge in [-0.05, 0) is 61.5 Å². The summed E-state index contributed by atoms with van der Waals surface area (Å²) in [6.07, 6.45) is 2.16. The Bertz CT molecular complexity index is 1080. The van der Waals surface area contributed by atoms with Crippen LogP contribution in [0.15, 0.2) is 59.4 Å². The van der Waals surface area contributed by atoms with Crippen molar-refractivity contribution in [3.63, 3.8) is 0 Å². The lowest BCUT2D eigenvalue weighted by atomic mass is 10.1. The van der Waals surface area contributed by atoms with Crippen LogP contribution >= 0.6 is 12.2 Å². The molecule has 30 heavy (non-hydrogen) atoms. The first-order chi connectivity index (χ1) is 14.6. The second kappa shape index (κ2) is 9.28. The highest BCUT2D eigenvalue weighted by molar-refractivity contribution is 7.80. The fraction of sp³-hybridized carbons (Fsp3) is 0.304. The molecule has 2 N–H and O–H groups in total. The van der Waals surface area contributed by atoms with Crippen LogP contribution in [0, 0.1) is 0 Å². The van der Waals surface area contributed by atoms with E-state index in [1.54, 1.807) is 7.11 Å². The van der Waals surface area contributed by atoms with Crippen LogP contribution in [0.5, 0.6) is 5.75 Å². The normalized spacial score (nSPS) is 15.8. The van der Waals surface area contributed by atoms with Gasteiger partial charge >= 0.3 is 0 Å². The Morgan fingerprint density at radius 1 is 1.27 bits per heavy atom. The highest BCUT2D eigenvalue weighted by Crippen LogP contribution is 2.20. The zero-order valence-corrected chi connectivity index (χ0v) is 17.7. The van der Waals surface area contributed by atoms with Crippen LogP contribution in [0.2, 0.25) is 0 Å². The number of aromatic amines is 1. The van der Waals surface area contributed by atoms with Gasteiger partial charge in [-0.2, -0.15) is 0 Å². The Morgan fingerprint density at radius 3 is 2.83 bits per heavy atom. The van der Waals surface area contributed by atoms with Crippen LogP contribution in [0.4, 0.5) is 5.69 Å². The maximum absolute atomic E-state index is 12.7. The van der Waals surface area contributed by atoms with Gasteiger partial charge in [0.1, 0.15) is 5.75 Å². The monoisotopic (exact) mass is 423 g/mol. The van der Waals surface area contributed by atoms with Gasteiger partial charge in [0.25, 0.3) is 5.56 Å². The summed E-state index contributed by atoms with van der Waals surface area (Å²) in [6.45, 7) is 1.79. The van der Waals surface area contributed by atoms with Gasteiger partial charge in [-0.15, -0.1) is 0 Å². The molecule has 0 bridgehead atoms. The third-order valence-electron chi connectivity index (χ3n) is 5.25. The third kappa shape index (κ3) is 4.80. The number of para-hydroxylation sites is 1. The number of nitrogens with zero attached hydrogens (tertiary/aromatic N) is 1. The lowest BCUT2D eigenvalue weighted by molar-refractivity contribution is 0.0904. The topological polar surface area (TPSA) is 66.6 Å². The van der Waals surface area contributed by atoms with Gasteiger partial charge < -0.3 is 24.7 Å². The third-order valence-corrected chi connectivity index (χ3v) is 5.61. The first-order valence-electron chi connectivity index (χ1n) is 10.0. The van der Waals surface area contributed by atoms with Crippen molar-refractivity contribution in [3.8, 4) is 5.75 Å². The predicted molar refractivity (Wildman–Crippen MR) is 123 cm³/mol. The van der Waals surface area contributed by atoms with Gasteiger partial charge in [0.15, 0.2) is 5.11 Å². The summed E-state index contributed by atoms with van der Waals surface area (Å²) >= 11 is 5.70. The molecule has 0 spiro atoms. The molecule has 0 saturated carbocycles. The number of hydrogen-bond donors (Lipinski definition) is 2. The van der Waals surface area contributed by atoms with Crippen molar-refractivity contribution in [2.24, 2.45) is 0 Å². The minimum Gasteiger partial charge on any atom is -0.497 e. The zero-order valence-electron chi connectivity index (χ0n) is 16.9. The fourth-order valence-corrected chi connectivity index (χ4v) is 3.91. The van der Waals surface area contributed by atoms with E-state index in [0.29, 0.717) is 23.8 Å². The molecule has 0 unspecified atom stereocenters. The standard InChI is InChI=1S/C23H25N3O3S/c1-28-19-9-10-21-16(13-19)12-17(22(27)25-21)14-26(15-20-8-5-11-29-20)23(30)24-18-6-3-2-4-7-18/h2-4,6-7,9-10,12-13,20H,5,8,11,14-15H2,1H3,(H,24,30)(H,25,27)/t20-/m1/s1. The van der Waals surface area contributed by atoms with Crippen molar-refractivity contribution in [1.82, 2.24) is 9.88 Å². The molecule has 156 valence electrons. The molecular weight excluding hydrogens is 398 g/mol. The van der Waals surface area contributed by atoms with Gasteiger partial charge in [-0.3, -0.25) is 4.79 Å². The molecule has 0 radical (unpaired) electrons. The lowest BCUT2D eigenvalue weighted by Crippen LogP contribution is -2.40. The Balaban J connectivity index is 1.60. The highest BCUT2D eigenvalue weighted by Gasteiger charge is 2.22. The number of ether oxygens (including phenoxy) is 2. The second-order valence-corrected chi connectivity index (χ2v) is 7.78. The predicted octanol–water partition coefficient (Wildman–Crippen LogP) is 3.91. The molecule has 6 nitrogen and oxygen atoms in total. The molecule has 1 aliphatic rings. The van der Waals surface area contributed by atoms with Crippen LogP contribution in [-0.4, -0.2) is 41.4 Å². The summed E-state index contributed by atoms with van der Waals surface area (Å²) in [7, 11) is 1.63. The number of rotatable bonds is 6. The van der Waals surface area contributed by atoms with Gasteiger partial charge in [0, 0.05) is 35.3 Å². The molecule has 2 heterocycles. The van der Waals surface area contributed by atoms with E-state index in [2.05, 4.69) is 10.3 Å². The summed E-state index contributed by atoms with van der Waals surface area (Å²) in [4.78, 5) is 17.7.